The first-order chi connectivity index (χ1) is 15.8. The topological polar surface area (TPSA) is 59.7 Å². The number of halogens is 4. The molecular weight excluding hydrogens is 487 g/mol. The van der Waals surface area contributed by atoms with Crippen LogP contribution in [0.1, 0.15) is 50.1 Å². The molecule has 1 aliphatic rings. The first kappa shape index (κ1) is 25.1. The van der Waals surface area contributed by atoms with Crippen molar-refractivity contribution in [3.63, 3.8) is 0 Å². The van der Waals surface area contributed by atoms with Crippen molar-refractivity contribution in [2.45, 2.75) is 57.5 Å². The van der Waals surface area contributed by atoms with Crippen LogP contribution in [0, 0.1) is 6.92 Å². The minimum absolute atomic E-state index is 0.0843. The number of nitrogens with zero attached hydrogens (tertiary/aromatic N) is 5. The average molecular weight is 514 g/mol. The van der Waals surface area contributed by atoms with Gasteiger partial charge in [-0.25, -0.2) is 9.50 Å². The fourth-order valence-corrected chi connectivity index (χ4v) is 5.90. The molecule has 0 amide bonds. The van der Waals surface area contributed by atoms with Crippen molar-refractivity contribution in [3.05, 3.63) is 52.4 Å². The Morgan fingerprint density at radius 2 is 1.91 bits per heavy atom. The Hall–Kier alpha value is -2.01. The molecule has 184 valence electrons. The van der Waals surface area contributed by atoms with Crippen molar-refractivity contribution in [1.82, 2.24) is 18.9 Å². The second kappa shape index (κ2) is 8.89. The maximum atomic E-state index is 14.2. The third kappa shape index (κ3) is 4.60. The fraction of sp³-hybridized carbons (Fsp3) is 0.478. The number of hydrogen-bond donors (Lipinski definition) is 0. The number of rotatable bonds is 4. The molecule has 1 aromatic carbocycles. The van der Waals surface area contributed by atoms with Crippen LogP contribution in [0.2, 0.25) is 5.15 Å². The summed E-state index contributed by atoms with van der Waals surface area (Å²) in [6, 6.07) is 4.63. The van der Waals surface area contributed by atoms with Crippen molar-refractivity contribution in [3.8, 4) is 0 Å². The maximum Gasteiger partial charge on any atom is 0.412 e. The number of aromatic nitrogens is 3. The lowest BCUT2D eigenvalue weighted by atomic mass is 9.99. The van der Waals surface area contributed by atoms with Crippen molar-refractivity contribution in [1.29, 1.82) is 0 Å². The molecule has 0 fully saturated rings. The van der Waals surface area contributed by atoms with Crippen LogP contribution in [0.15, 0.2) is 30.5 Å². The van der Waals surface area contributed by atoms with Gasteiger partial charge >= 0.3 is 6.18 Å². The van der Waals surface area contributed by atoms with E-state index < -0.39 is 28.3 Å². The number of hydrogen-bond acceptors (Lipinski definition) is 5. The number of fused-ring (bicyclic) bond motifs is 3. The molecule has 11 heteroatoms. The van der Waals surface area contributed by atoms with Crippen molar-refractivity contribution >= 4 is 40.0 Å². The second-order valence-corrected chi connectivity index (χ2v) is 12.2. The minimum Gasteiger partial charge on any atom is -0.597 e. The van der Waals surface area contributed by atoms with Crippen LogP contribution in [0.4, 0.5) is 24.5 Å². The zero-order valence-electron chi connectivity index (χ0n) is 19.6. The van der Waals surface area contributed by atoms with E-state index >= 15 is 0 Å². The molecular formula is C23H27ClF3N5OS. The van der Waals surface area contributed by atoms with E-state index in [0.29, 0.717) is 22.9 Å². The normalized spacial score (nSPS) is 16.7. The highest BCUT2D eigenvalue weighted by Gasteiger charge is 2.50. The second-order valence-electron chi connectivity index (χ2n) is 9.48. The standard InChI is InChI=1S/C23H27ClF3N5OS/c1-14-11-15(8-9-16(14)21(23(25,26)27)30(5)34(33)22(2,3)4)31-10-6-7-17-18(31)13-28-20-12-19(24)29-32(17)20/h8-9,11-13,21H,6-7,10H2,1-5H3/t21-,34?/m0/s1. The van der Waals surface area contributed by atoms with Gasteiger partial charge in [0.2, 0.25) is 0 Å². The van der Waals surface area contributed by atoms with Crippen LogP contribution in [0.25, 0.3) is 5.65 Å². The predicted octanol–water partition coefficient (Wildman–Crippen LogP) is 5.77. The summed E-state index contributed by atoms with van der Waals surface area (Å²) in [4.78, 5) is 6.48. The van der Waals surface area contributed by atoms with E-state index in [1.807, 2.05) is 4.90 Å². The van der Waals surface area contributed by atoms with E-state index in [9.17, 15) is 17.7 Å². The number of aryl methyl sites for hydroxylation is 2. The zero-order valence-corrected chi connectivity index (χ0v) is 21.2. The fourth-order valence-electron chi connectivity index (χ4n) is 4.44. The van der Waals surface area contributed by atoms with E-state index in [1.54, 1.807) is 56.6 Å². The molecule has 0 N–H and O–H groups in total. The Bertz CT molecular complexity index is 1210. The molecule has 0 saturated carbocycles. The quantitative estimate of drug-likeness (QED) is 0.414. The van der Waals surface area contributed by atoms with Gasteiger partial charge in [0.1, 0.15) is 4.75 Å². The molecule has 4 rings (SSSR count). The molecule has 34 heavy (non-hydrogen) atoms. The molecule has 2 aromatic heterocycles. The molecule has 0 aliphatic carbocycles. The average Bonchev–Trinajstić information content (AvgIpc) is 3.13. The third-order valence-electron chi connectivity index (χ3n) is 5.94. The van der Waals surface area contributed by atoms with Crippen LogP contribution < -0.4 is 4.90 Å². The van der Waals surface area contributed by atoms with E-state index in [0.717, 1.165) is 34.2 Å². The van der Waals surface area contributed by atoms with E-state index in [4.69, 9.17) is 11.6 Å². The largest absolute Gasteiger partial charge is 0.597 e. The molecule has 3 heterocycles. The van der Waals surface area contributed by atoms with Crippen LogP contribution in [-0.4, -0.2) is 48.0 Å². The lowest BCUT2D eigenvalue weighted by molar-refractivity contribution is -0.171. The van der Waals surface area contributed by atoms with Gasteiger partial charge in [0.15, 0.2) is 16.8 Å². The van der Waals surface area contributed by atoms with Crippen molar-refractivity contribution in [2.75, 3.05) is 18.5 Å². The number of anilines is 2. The van der Waals surface area contributed by atoms with Crippen LogP contribution >= 0.6 is 11.6 Å². The Kier molecular flexibility index (Phi) is 6.56. The van der Waals surface area contributed by atoms with Gasteiger partial charge in [-0.3, -0.25) is 0 Å². The molecule has 0 spiro atoms. The zero-order chi connectivity index (χ0) is 25.0. The van der Waals surface area contributed by atoms with Gasteiger partial charge in [0.25, 0.3) is 0 Å². The van der Waals surface area contributed by atoms with Crippen LogP contribution in [0.5, 0.6) is 0 Å². The molecule has 0 saturated heterocycles. The Balaban J connectivity index is 1.73. The van der Waals surface area contributed by atoms with Gasteiger partial charge < -0.3 is 9.45 Å². The number of benzene rings is 1. The minimum atomic E-state index is -4.59. The van der Waals surface area contributed by atoms with E-state index in [-0.39, 0.29) is 5.56 Å². The lowest BCUT2D eigenvalue weighted by Crippen LogP contribution is -2.47. The molecule has 1 unspecified atom stereocenters. The van der Waals surface area contributed by atoms with Gasteiger partial charge in [-0.05, 0) is 63.8 Å². The van der Waals surface area contributed by atoms with Crippen LogP contribution in [0.3, 0.4) is 0 Å². The maximum absolute atomic E-state index is 14.2. The Morgan fingerprint density at radius 3 is 2.53 bits per heavy atom. The molecule has 1 aliphatic heterocycles. The molecule has 6 nitrogen and oxygen atoms in total. The lowest BCUT2D eigenvalue weighted by Gasteiger charge is -2.37. The smallest absolute Gasteiger partial charge is 0.412 e. The van der Waals surface area contributed by atoms with Gasteiger partial charge in [0.05, 0.1) is 17.6 Å². The SMILES string of the molecule is Cc1cc(N2CCCc3c2cnc2cc(Cl)nn32)ccc1[C@H](N(C)[S+]([O-])C(C)(C)C)C(F)(F)F. The molecule has 0 radical (unpaired) electrons. The molecule has 0 bridgehead atoms. The summed E-state index contributed by atoms with van der Waals surface area (Å²) >= 11 is 4.21. The first-order valence-electron chi connectivity index (χ1n) is 10.9. The van der Waals surface area contributed by atoms with Gasteiger partial charge in [-0.1, -0.05) is 17.7 Å². The van der Waals surface area contributed by atoms with Crippen molar-refractivity contribution in [2.24, 2.45) is 0 Å². The first-order valence-corrected chi connectivity index (χ1v) is 12.4. The summed E-state index contributed by atoms with van der Waals surface area (Å²) in [6.45, 7) is 7.34. The Labute approximate surface area is 205 Å². The van der Waals surface area contributed by atoms with Gasteiger partial charge in [-0.2, -0.15) is 18.3 Å². The summed E-state index contributed by atoms with van der Waals surface area (Å²) in [5.74, 6) is 0. The monoisotopic (exact) mass is 513 g/mol. The predicted molar refractivity (Wildman–Crippen MR) is 129 cm³/mol. The highest BCUT2D eigenvalue weighted by molar-refractivity contribution is 7.90. The third-order valence-corrected chi connectivity index (χ3v) is 7.90. The summed E-state index contributed by atoms with van der Waals surface area (Å²) in [7, 11) is 1.26. The van der Waals surface area contributed by atoms with Gasteiger partial charge in [0, 0.05) is 36.7 Å². The van der Waals surface area contributed by atoms with E-state index in [1.165, 1.54) is 13.1 Å². The summed E-state index contributed by atoms with van der Waals surface area (Å²) < 4.78 is 57.1. The number of alkyl halides is 3. The molecule has 2 atom stereocenters. The summed E-state index contributed by atoms with van der Waals surface area (Å²) in [5.41, 5.74) is 3.78. The highest BCUT2D eigenvalue weighted by atomic mass is 35.5. The Morgan fingerprint density at radius 1 is 1.21 bits per heavy atom. The van der Waals surface area contributed by atoms with E-state index in [2.05, 4.69) is 10.1 Å². The highest BCUT2D eigenvalue weighted by Crippen LogP contribution is 2.43. The van der Waals surface area contributed by atoms with Crippen LogP contribution in [-0.2, 0) is 17.8 Å². The molecule has 3 aromatic rings. The summed E-state index contributed by atoms with van der Waals surface area (Å²) in [6.07, 6.45) is -1.19. The summed E-state index contributed by atoms with van der Waals surface area (Å²) in [5, 5.41) is 4.68. The van der Waals surface area contributed by atoms with Gasteiger partial charge in [-0.15, -0.1) is 4.31 Å². The van der Waals surface area contributed by atoms with Crippen molar-refractivity contribution < 1.29 is 17.7 Å².